The Bertz CT molecular complexity index is 412. The van der Waals surface area contributed by atoms with Gasteiger partial charge in [-0.15, -0.1) is 0 Å². The lowest BCUT2D eigenvalue weighted by molar-refractivity contribution is -0.386. The minimum absolute atomic E-state index is 0.0420. The maximum absolute atomic E-state index is 10.7. The first-order valence-corrected chi connectivity index (χ1v) is 5.27. The molecule has 1 heterocycles. The van der Waals surface area contributed by atoms with Crippen LogP contribution in [0.1, 0.15) is 13.8 Å². The lowest BCUT2D eigenvalue weighted by atomic mass is 10.5. The van der Waals surface area contributed by atoms with E-state index in [1.54, 1.807) is 0 Å². The Hall–Kier alpha value is -2.00. The molecule has 9 heteroatoms. The highest BCUT2D eigenvalue weighted by Crippen LogP contribution is 2.23. The third-order valence-corrected chi connectivity index (χ3v) is 1.83. The summed E-state index contributed by atoms with van der Waals surface area (Å²) in [6.45, 7) is 4.22. The predicted octanol–water partition coefficient (Wildman–Crippen LogP) is 0.474. The van der Waals surface area contributed by atoms with Crippen LogP contribution in [0, 0.1) is 10.1 Å². The minimum atomic E-state index is -0.626. The van der Waals surface area contributed by atoms with Crippen LogP contribution in [0.15, 0.2) is 6.20 Å². The van der Waals surface area contributed by atoms with E-state index in [9.17, 15) is 10.1 Å². The molecule has 0 aromatic carbocycles. The molecule has 1 rings (SSSR count). The second-order valence-corrected chi connectivity index (χ2v) is 3.55. The molecule has 0 saturated heterocycles. The van der Waals surface area contributed by atoms with Gasteiger partial charge >= 0.3 is 5.69 Å². The molecule has 0 aliphatic carbocycles. The van der Waals surface area contributed by atoms with Gasteiger partial charge in [0.1, 0.15) is 12.8 Å². The molecule has 0 unspecified atom stereocenters. The quantitative estimate of drug-likeness (QED) is 0.312. The molecule has 0 aliphatic rings. The van der Waals surface area contributed by atoms with E-state index < -0.39 is 4.92 Å². The van der Waals surface area contributed by atoms with Gasteiger partial charge < -0.3 is 9.47 Å². The summed E-state index contributed by atoms with van der Waals surface area (Å²) in [6, 6.07) is 0. The molecule has 9 nitrogen and oxygen atoms in total. The standard InChI is InChI=1S/C9H15N5O4/c1-6(2)17-3-4-18-8-7(14(15)16)5-11-9(12-8)13-10/h5-6H,3-4,10H2,1-2H3,(H,11,12,13). The molecule has 0 atom stereocenters. The first-order valence-electron chi connectivity index (χ1n) is 5.27. The van der Waals surface area contributed by atoms with Crippen LogP contribution in [0.5, 0.6) is 5.88 Å². The molecule has 0 aliphatic heterocycles. The van der Waals surface area contributed by atoms with E-state index in [0.29, 0.717) is 6.61 Å². The number of hydrogen-bond donors (Lipinski definition) is 2. The van der Waals surface area contributed by atoms with Crippen molar-refractivity contribution in [3.05, 3.63) is 16.3 Å². The molecule has 0 bridgehead atoms. The van der Waals surface area contributed by atoms with Crippen LogP contribution in [-0.4, -0.2) is 34.2 Å². The molecular weight excluding hydrogens is 242 g/mol. The summed E-state index contributed by atoms with van der Waals surface area (Å²) in [6.07, 6.45) is 1.09. The molecule has 18 heavy (non-hydrogen) atoms. The monoisotopic (exact) mass is 257 g/mol. The van der Waals surface area contributed by atoms with Crippen LogP contribution in [0.3, 0.4) is 0 Å². The summed E-state index contributed by atoms with van der Waals surface area (Å²) >= 11 is 0. The second kappa shape index (κ2) is 6.67. The fourth-order valence-electron chi connectivity index (χ4n) is 1.08. The highest BCUT2D eigenvalue weighted by molar-refractivity contribution is 5.42. The zero-order chi connectivity index (χ0) is 13.5. The van der Waals surface area contributed by atoms with Gasteiger partial charge in [0.25, 0.3) is 5.88 Å². The van der Waals surface area contributed by atoms with E-state index in [2.05, 4.69) is 15.4 Å². The van der Waals surface area contributed by atoms with Gasteiger partial charge in [-0.3, -0.25) is 15.5 Å². The smallest absolute Gasteiger partial charge is 0.349 e. The first kappa shape index (κ1) is 14.1. The lowest BCUT2D eigenvalue weighted by Gasteiger charge is -2.09. The third-order valence-electron chi connectivity index (χ3n) is 1.83. The summed E-state index contributed by atoms with van der Waals surface area (Å²) in [5, 5.41) is 10.7. The van der Waals surface area contributed by atoms with Gasteiger partial charge in [-0.25, -0.2) is 10.8 Å². The van der Waals surface area contributed by atoms with Gasteiger partial charge in [0.05, 0.1) is 17.6 Å². The largest absolute Gasteiger partial charge is 0.470 e. The average molecular weight is 257 g/mol. The molecule has 0 saturated carbocycles. The van der Waals surface area contributed by atoms with Crippen LogP contribution in [0.4, 0.5) is 11.6 Å². The first-order chi connectivity index (χ1) is 8.54. The summed E-state index contributed by atoms with van der Waals surface area (Å²) in [7, 11) is 0. The van der Waals surface area contributed by atoms with Gasteiger partial charge in [0, 0.05) is 0 Å². The average Bonchev–Trinajstić information content (AvgIpc) is 2.33. The number of nitrogens with zero attached hydrogens (tertiary/aromatic N) is 3. The Labute approximate surface area is 103 Å². The van der Waals surface area contributed by atoms with Crippen molar-refractivity contribution in [2.45, 2.75) is 20.0 Å². The third kappa shape index (κ3) is 4.11. The number of nitrogens with two attached hydrogens (primary N) is 1. The van der Waals surface area contributed by atoms with E-state index in [4.69, 9.17) is 15.3 Å². The molecule has 1 aromatic rings. The lowest BCUT2D eigenvalue weighted by Crippen LogP contribution is -2.15. The fourth-order valence-corrected chi connectivity index (χ4v) is 1.08. The van der Waals surface area contributed by atoms with Crippen LogP contribution >= 0.6 is 0 Å². The van der Waals surface area contributed by atoms with Gasteiger partial charge in [0.15, 0.2) is 0 Å². The van der Waals surface area contributed by atoms with E-state index in [0.717, 1.165) is 6.20 Å². The molecule has 0 radical (unpaired) electrons. The summed E-state index contributed by atoms with van der Waals surface area (Å²) < 4.78 is 10.4. The Morgan fingerprint density at radius 1 is 1.56 bits per heavy atom. The number of hydrazine groups is 1. The van der Waals surface area contributed by atoms with Crippen molar-refractivity contribution in [3.63, 3.8) is 0 Å². The molecular formula is C9H15N5O4. The predicted molar refractivity (Wildman–Crippen MR) is 63.1 cm³/mol. The second-order valence-electron chi connectivity index (χ2n) is 3.55. The maximum atomic E-state index is 10.7. The molecule has 3 N–H and O–H groups in total. The van der Waals surface area contributed by atoms with E-state index in [-0.39, 0.29) is 30.2 Å². The van der Waals surface area contributed by atoms with E-state index >= 15 is 0 Å². The van der Waals surface area contributed by atoms with Crippen LogP contribution in [-0.2, 0) is 4.74 Å². The van der Waals surface area contributed by atoms with Crippen molar-refractivity contribution in [2.24, 2.45) is 5.84 Å². The zero-order valence-corrected chi connectivity index (χ0v) is 10.1. The highest BCUT2D eigenvalue weighted by atomic mass is 16.6. The van der Waals surface area contributed by atoms with Gasteiger partial charge in [-0.05, 0) is 13.8 Å². The number of aromatic nitrogens is 2. The number of nitrogens with one attached hydrogen (secondary N) is 1. The summed E-state index contributed by atoms with van der Waals surface area (Å²) in [5.74, 6) is 5.01. The van der Waals surface area contributed by atoms with Crippen molar-refractivity contribution in [2.75, 3.05) is 18.6 Å². The molecule has 1 aromatic heterocycles. The highest BCUT2D eigenvalue weighted by Gasteiger charge is 2.18. The van der Waals surface area contributed by atoms with E-state index in [1.165, 1.54) is 0 Å². The van der Waals surface area contributed by atoms with E-state index in [1.807, 2.05) is 13.8 Å². The molecule has 0 spiro atoms. The van der Waals surface area contributed by atoms with Crippen molar-refractivity contribution >= 4 is 11.6 Å². The fraction of sp³-hybridized carbons (Fsp3) is 0.556. The Morgan fingerprint density at radius 3 is 2.83 bits per heavy atom. The number of nitrogen functional groups attached to an aromatic ring is 1. The maximum Gasteiger partial charge on any atom is 0.349 e. The number of ether oxygens (including phenoxy) is 2. The van der Waals surface area contributed by atoms with Gasteiger partial charge in [-0.2, -0.15) is 4.98 Å². The minimum Gasteiger partial charge on any atom is -0.470 e. The molecule has 0 amide bonds. The zero-order valence-electron chi connectivity index (χ0n) is 10.1. The van der Waals surface area contributed by atoms with Crippen LogP contribution in [0.2, 0.25) is 0 Å². The SMILES string of the molecule is CC(C)OCCOc1nc(NN)ncc1[N+](=O)[O-]. The normalized spacial score (nSPS) is 10.4. The van der Waals surface area contributed by atoms with Crippen LogP contribution < -0.4 is 16.0 Å². The summed E-state index contributed by atoms with van der Waals surface area (Å²) in [5.41, 5.74) is 1.87. The Kier molecular flexibility index (Phi) is 5.21. The number of hydrogen-bond acceptors (Lipinski definition) is 8. The van der Waals surface area contributed by atoms with Crippen molar-refractivity contribution in [1.82, 2.24) is 9.97 Å². The van der Waals surface area contributed by atoms with Crippen molar-refractivity contribution < 1.29 is 14.4 Å². The summed E-state index contributed by atoms with van der Waals surface area (Å²) in [4.78, 5) is 17.5. The van der Waals surface area contributed by atoms with Crippen molar-refractivity contribution in [1.29, 1.82) is 0 Å². The van der Waals surface area contributed by atoms with Crippen LogP contribution in [0.25, 0.3) is 0 Å². The van der Waals surface area contributed by atoms with Gasteiger partial charge in [-0.1, -0.05) is 0 Å². The molecule has 100 valence electrons. The number of anilines is 1. The van der Waals surface area contributed by atoms with Gasteiger partial charge in [0.2, 0.25) is 5.95 Å². The molecule has 0 fully saturated rings. The topological polar surface area (TPSA) is 125 Å². The number of rotatable bonds is 7. The Balaban J connectivity index is 2.69. The Morgan fingerprint density at radius 2 is 2.28 bits per heavy atom. The number of nitro groups is 1. The van der Waals surface area contributed by atoms with Crippen molar-refractivity contribution in [3.8, 4) is 5.88 Å².